The Morgan fingerprint density at radius 1 is 1.17 bits per heavy atom. The lowest BCUT2D eigenvalue weighted by atomic mass is 10.1. The first kappa shape index (κ1) is 17.2. The third-order valence-electron chi connectivity index (χ3n) is 3.19. The van der Waals surface area contributed by atoms with Gasteiger partial charge in [0, 0.05) is 35.3 Å². The van der Waals surface area contributed by atoms with E-state index >= 15 is 0 Å². The van der Waals surface area contributed by atoms with Crippen LogP contribution in [0.15, 0.2) is 42.5 Å². The van der Waals surface area contributed by atoms with Crippen molar-refractivity contribution in [3.8, 4) is 5.75 Å². The predicted molar refractivity (Wildman–Crippen MR) is 87.7 cm³/mol. The number of nitro benzene ring substituents is 1. The number of rotatable bonds is 8. The predicted octanol–water partition coefficient (Wildman–Crippen LogP) is 2.91. The number of hydrogen-bond acceptors (Lipinski definition) is 5. The molecule has 0 heterocycles. The number of aliphatic hydroxyl groups is 1. The van der Waals surface area contributed by atoms with Gasteiger partial charge in [0.2, 0.25) is 0 Å². The van der Waals surface area contributed by atoms with Crippen molar-refractivity contribution in [2.24, 2.45) is 0 Å². The van der Waals surface area contributed by atoms with E-state index in [0.29, 0.717) is 29.4 Å². The zero-order valence-corrected chi connectivity index (χ0v) is 13.1. The lowest BCUT2D eigenvalue weighted by molar-refractivity contribution is -0.385. The molecule has 7 heteroatoms. The molecule has 0 aliphatic rings. The van der Waals surface area contributed by atoms with Crippen molar-refractivity contribution in [3.63, 3.8) is 0 Å². The highest BCUT2D eigenvalue weighted by atomic mass is 35.5. The molecule has 0 saturated carbocycles. The number of para-hydroxylation sites is 1. The van der Waals surface area contributed by atoms with Crippen LogP contribution in [0.5, 0.6) is 5.75 Å². The number of aliphatic hydroxyl groups excluding tert-OH is 1. The monoisotopic (exact) mass is 336 g/mol. The number of halogens is 1. The smallest absolute Gasteiger partial charge is 0.273 e. The molecule has 0 bridgehead atoms. The van der Waals surface area contributed by atoms with Crippen LogP contribution in [0.2, 0.25) is 5.02 Å². The Morgan fingerprint density at radius 3 is 2.65 bits per heavy atom. The van der Waals surface area contributed by atoms with E-state index in [2.05, 4.69) is 5.32 Å². The maximum Gasteiger partial charge on any atom is 0.273 e. The summed E-state index contributed by atoms with van der Waals surface area (Å²) >= 11 is 5.91. The maximum atomic E-state index is 11.0. The molecular weight excluding hydrogens is 320 g/mol. The Morgan fingerprint density at radius 2 is 1.91 bits per heavy atom. The van der Waals surface area contributed by atoms with Crippen molar-refractivity contribution in [3.05, 3.63) is 68.7 Å². The number of nitro groups is 1. The minimum Gasteiger partial charge on any atom is -0.491 e. The Labute approximate surface area is 138 Å². The van der Waals surface area contributed by atoms with Gasteiger partial charge >= 0.3 is 0 Å². The van der Waals surface area contributed by atoms with Crippen LogP contribution in [0.4, 0.5) is 5.69 Å². The lowest BCUT2D eigenvalue weighted by Crippen LogP contribution is -2.15. The summed E-state index contributed by atoms with van der Waals surface area (Å²) in [7, 11) is 0. The Kier molecular flexibility index (Phi) is 6.34. The molecule has 2 aromatic rings. The van der Waals surface area contributed by atoms with Gasteiger partial charge < -0.3 is 15.2 Å². The summed E-state index contributed by atoms with van der Waals surface area (Å²) in [4.78, 5) is 10.6. The summed E-state index contributed by atoms with van der Waals surface area (Å²) in [5.74, 6) is 0.676. The third kappa shape index (κ3) is 4.92. The minimum atomic E-state index is -0.425. The van der Waals surface area contributed by atoms with Crippen molar-refractivity contribution in [2.75, 3.05) is 13.2 Å². The highest BCUT2D eigenvalue weighted by Gasteiger charge is 2.13. The molecule has 0 radical (unpaired) electrons. The van der Waals surface area contributed by atoms with E-state index in [1.54, 1.807) is 6.07 Å². The van der Waals surface area contributed by atoms with Crippen molar-refractivity contribution in [2.45, 2.75) is 13.1 Å². The van der Waals surface area contributed by atoms with Crippen LogP contribution in [0, 0.1) is 10.1 Å². The molecule has 0 amide bonds. The highest BCUT2D eigenvalue weighted by molar-refractivity contribution is 6.30. The fraction of sp³-hybridized carbons (Fsp3) is 0.250. The normalized spacial score (nSPS) is 10.5. The molecule has 0 aliphatic carbocycles. The van der Waals surface area contributed by atoms with Crippen LogP contribution in [0.3, 0.4) is 0 Å². The Hall–Kier alpha value is -2.15. The van der Waals surface area contributed by atoms with Gasteiger partial charge in [0.05, 0.1) is 11.5 Å². The first-order chi connectivity index (χ1) is 11.1. The molecule has 0 spiro atoms. The standard InChI is InChI=1S/C16H17ClN2O4/c17-14-5-6-15(19(21)22)13(9-14)11-18-10-12-3-1-2-4-16(12)23-8-7-20/h1-6,9,18,20H,7-8,10-11H2. The van der Waals surface area contributed by atoms with Gasteiger partial charge in [-0.15, -0.1) is 0 Å². The van der Waals surface area contributed by atoms with Crippen molar-refractivity contribution < 1.29 is 14.8 Å². The minimum absolute atomic E-state index is 0.0340. The molecule has 0 fully saturated rings. The summed E-state index contributed by atoms with van der Waals surface area (Å²) in [5.41, 5.74) is 1.47. The van der Waals surface area contributed by atoms with Crippen LogP contribution in [-0.4, -0.2) is 23.2 Å². The van der Waals surface area contributed by atoms with E-state index in [-0.39, 0.29) is 18.9 Å². The zero-order valence-electron chi connectivity index (χ0n) is 12.4. The van der Waals surface area contributed by atoms with Gasteiger partial charge in [-0.05, 0) is 18.2 Å². The van der Waals surface area contributed by atoms with Crippen LogP contribution >= 0.6 is 11.6 Å². The number of benzene rings is 2. The van der Waals surface area contributed by atoms with Gasteiger partial charge in [-0.1, -0.05) is 29.8 Å². The zero-order chi connectivity index (χ0) is 16.7. The second-order valence-corrected chi connectivity index (χ2v) is 5.25. The quantitative estimate of drug-likeness (QED) is 0.572. The van der Waals surface area contributed by atoms with E-state index in [9.17, 15) is 10.1 Å². The van der Waals surface area contributed by atoms with Gasteiger partial charge in [0.1, 0.15) is 12.4 Å². The van der Waals surface area contributed by atoms with Gasteiger partial charge in [-0.2, -0.15) is 0 Å². The van der Waals surface area contributed by atoms with Crippen LogP contribution in [0.1, 0.15) is 11.1 Å². The fourth-order valence-electron chi connectivity index (χ4n) is 2.15. The second kappa shape index (κ2) is 8.47. The van der Waals surface area contributed by atoms with Crippen LogP contribution < -0.4 is 10.1 Å². The molecule has 23 heavy (non-hydrogen) atoms. The first-order valence-corrected chi connectivity index (χ1v) is 7.44. The average molecular weight is 337 g/mol. The second-order valence-electron chi connectivity index (χ2n) is 4.81. The van der Waals surface area contributed by atoms with E-state index in [4.69, 9.17) is 21.4 Å². The maximum absolute atomic E-state index is 11.0. The van der Waals surface area contributed by atoms with Gasteiger partial charge in [0.15, 0.2) is 0 Å². The molecule has 2 rings (SSSR count). The SMILES string of the molecule is O=[N+]([O-])c1ccc(Cl)cc1CNCc1ccccc1OCCO. The summed E-state index contributed by atoms with van der Waals surface area (Å²) in [5, 5.41) is 23.5. The number of ether oxygens (including phenoxy) is 1. The van der Waals surface area contributed by atoms with E-state index in [1.165, 1.54) is 12.1 Å². The summed E-state index contributed by atoms with van der Waals surface area (Å²) < 4.78 is 5.45. The van der Waals surface area contributed by atoms with Crippen LogP contribution in [0.25, 0.3) is 0 Å². The fourth-order valence-corrected chi connectivity index (χ4v) is 2.35. The first-order valence-electron chi connectivity index (χ1n) is 7.07. The molecule has 0 unspecified atom stereocenters. The topological polar surface area (TPSA) is 84.6 Å². The van der Waals surface area contributed by atoms with Crippen molar-refractivity contribution in [1.29, 1.82) is 0 Å². The third-order valence-corrected chi connectivity index (χ3v) is 3.43. The molecule has 122 valence electrons. The molecular formula is C16H17ClN2O4. The lowest BCUT2D eigenvalue weighted by Gasteiger charge is -2.11. The number of nitrogens with one attached hydrogen (secondary N) is 1. The van der Waals surface area contributed by atoms with Gasteiger partial charge in [-0.3, -0.25) is 10.1 Å². The van der Waals surface area contributed by atoms with Crippen molar-refractivity contribution >= 4 is 17.3 Å². The van der Waals surface area contributed by atoms with Crippen molar-refractivity contribution in [1.82, 2.24) is 5.32 Å². The molecule has 0 atom stereocenters. The van der Waals surface area contributed by atoms with Crippen LogP contribution in [-0.2, 0) is 13.1 Å². The Balaban J connectivity index is 2.03. The molecule has 2 aromatic carbocycles. The van der Waals surface area contributed by atoms with E-state index in [0.717, 1.165) is 5.56 Å². The molecule has 6 nitrogen and oxygen atoms in total. The summed E-state index contributed by atoms with van der Waals surface area (Å²) in [6.07, 6.45) is 0. The number of hydrogen-bond donors (Lipinski definition) is 2. The van der Waals surface area contributed by atoms with E-state index in [1.807, 2.05) is 24.3 Å². The van der Waals surface area contributed by atoms with Gasteiger partial charge in [0.25, 0.3) is 5.69 Å². The molecule has 0 aliphatic heterocycles. The summed E-state index contributed by atoms with van der Waals surface area (Å²) in [6.45, 7) is 0.948. The van der Waals surface area contributed by atoms with Gasteiger partial charge in [-0.25, -0.2) is 0 Å². The molecule has 2 N–H and O–H groups in total. The highest BCUT2D eigenvalue weighted by Crippen LogP contribution is 2.23. The largest absolute Gasteiger partial charge is 0.491 e. The van der Waals surface area contributed by atoms with E-state index < -0.39 is 4.92 Å². The number of nitrogens with zero attached hydrogens (tertiary/aromatic N) is 1. The molecule has 0 aromatic heterocycles. The summed E-state index contributed by atoms with van der Waals surface area (Å²) in [6, 6.07) is 11.9. The Bertz CT molecular complexity index is 679. The molecule has 0 saturated heterocycles. The average Bonchev–Trinajstić information content (AvgIpc) is 2.53.